The Hall–Kier alpha value is -1.06. The molecule has 1 aromatic rings. The van der Waals surface area contributed by atoms with Crippen molar-refractivity contribution in [1.29, 1.82) is 0 Å². The third kappa shape index (κ3) is 3.95. The zero-order chi connectivity index (χ0) is 13.7. The summed E-state index contributed by atoms with van der Waals surface area (Å²) in [6.45, 7) is 9.13. The van der Waals surface area contributed by atoms with E-state index in [0.717, 1.165) is 31.9 Å². The first-order chi connectivity index (χ1) is 9.20. The minimum atomic E-state index is 0.203. The van der Waals surface area contributed by atoms with Gasteiger partial charge in [0.05, 0.1) is 12.2 Å². The molecule has 106 valence electrons. The molecule has 0 aliphatic carbocycles. The zero-order valence-electron chi connectivity index (χ0n) is 12.2. The van der Waals surface area contributed by atoms with Crippen LogP contribution in [0, 0.1) is 5.92 Å². The fourth-order valence-corrected chi connectivity index (χ4v) is 2.58. The maximum absolute atomic E-state index is 5.91. The van der Waals surface area contributed by atoms with Crippen LogP contribution in [0.3, 0.4) is 0 Å². The van der Waals surface area contributed by atoms with Crippen LogP contribution in [0.4, 0.5) is 0 Å². The molecule has 19 heavy (non-hydrogen) atoms. The summed E-state index contributed by atoms with van der Waals surface area (Å²) in [7, 11) is 0. The molecule has 1 aromatic carbocycles. The molecule has 1 aliphatic heterocycles. The van der Waals surface area contributed by atoms with E-state index in [1.807, 2.05) is 19.9 Å². The Morgan fingerprint density at radius 2 is 2.26 bits per heavy atom. The molecule has 3 nitrogen and oxygen atoms in total. The van der Waals surface area contributed by atoms with E-state index in [1.54, 1.807) is 0 Å². The summed E-state index contributed by atoms with van der Waals surface area (Å²) in [5, 5.41) is 3.43. The SMILES string of the molecule is CCNCC1CCOC1c1cccc(OC(C)C)c1. The van der Waals surface area contributed by atoms with E-state index in [9.17, 15) is 0 Å². The fraction of sp³-hybridized carbons (Fsp3) is 0.625. The van der Waals surface area contributed by atoms with Crippen molar-refractivity contribution in [3.8, 4) is 5.75 Å². The molecule has 2 atom stereocenters. The van der Waals surface area contributed by atoms with Gasteiger partial charge in [-0.3, -0.25) is 0 Å². The molecule has 0 amide bonds. The summed E-state index contributed by atoms with van der Waals surface area (Å²) in [6.07, 6.45) is 1.54. The molecule has 0 radical (unpaired) electrons. The first kappa shape index (κ1) is 14.4. The van der Waals surface area contributed by atoms with E-state index in [-0.39, 0.29) is 12.2 Å². The lowest BCUT2D eigenvalue weighted by molar-refractivity contribution is 0.0903. The number of rotatable bonds is 6. The predicted molar refractivity (Wildman–Crippen MR) is 77.5 cm³/mol. The summed E-state index contributed by atoms with van der Waals surface area (Å²) >= 11 is 0. The fourth-order valence-electron chi connectivity index (χ4n) is 2.58. The second-order valence-electron chi connectivity index (χ2n) is 5.39. The minimum Gasteiger partial charge on any atom is -0.491 e. The lowest BCUT2D eigenvalue weighted by Gasteiger charge is -2.20. The number of nitrogens with one attached hydrogen (secondary N) is 1. The van der Waals surface area contributed by atoms with Crippen molar-refractivity contribution in [3.05, 3.63) is 29.8 Å². The summed E-state index contributed by atoms with van der Waals surface area (Å²) < 4.78 is 11.7. The van der Waals surface area contributed by atoms with Crippen LogP contribution in [0.25, 0.3) is 0 Å². The third-order valence-electron chi connectivity index (χ3n) is 3.43. The monoisotopic (exact) mass is 263 g/mol. The summed E-state index contributed by atoms with van der Waals surface area (Å²) in [4.78, 5) is 0. The number of hydrogen-bond donors (Lipinski definition) is 1. The number of hydrogen-bond acceptors (Lipinski definition) is 3. The first-order valence-corrected chi connectivity index (χ1v) is 7.29. The zero-order valence-corrected chi connectivity index (χ0v) is 12.2. The van der Waals surface area contributed by atoms with Crippen molar-refractivity contribution in [2.45, 2.75) is 39.4 Å². The average molecular weight is 263 g/mol. The Balaban J connectivity index is 2.07. The van der Waals surface area contributed by atoms with Gasteiger partial charge in [0, 0.05) is 19.1 Å². The van der Waals surface area contributed by atoms with Gasteiger partial charge >= 0.3 is 0 Å². The Kier molecular flexibility index (Phi) is 5.23. The molecule has 0 spiro atoms. The lowest BCUT2D eigenvalue weighted by atomic mass is 9.95. The van der Waals surface area contributed by atoms with Gasteiger partial charge in [0.15, 0.2) is 0 Å². The Bertz CT molecular complexity index is 392. The third-order valence-corrected chi connectivity index (χ3v) is 3.43. The smallest absolute Gasteiger partial charge is 0.120 e. The van der Waals surface area contributed by atoms with Crippen molar-refractivity contribution in [2.75, 3.05) is 19.7 Å². The second kappa shape index (κ2) is 6.92. The van der Waals surface area contributed by atoms with E-state index in [1.165, 1.54) is 5.56 Å². The molecule has 3 heteroatoms. The molecule has 0 saturated carbocycles. The summed E-state index contributed by atoms with van der Waals surface area (Å²) in [6, 6.07) is 8.33. The standard InChI is InChI=1S/C16H25NO2/c1-4-17-11-14-8-9-18-16(14)13-6-5-7-15(10-13)19-12(2)3/h5-7,10,12,14,16-17H,4,8-9,11H2,1-3H3. The molecule has 1 saturated heterocycles. The van der Waals surface area contributed by atoms with Gasteiger partial charge in [-0.25, -0.2) is 0 Å². The maximum Gasteiger partial charge on any atom is 0.120 e. The molecule has 2 unspecified atom stereocenters. The Labute approximate surface area is 116 Å². The van der Waals surface area contributed by atoms with Crippen molar-refractivity contribution in [3.63, 3.8) is 0 Å². The molecule has 2 rings (SSSR count). The molecule has 1 heterocycles. The molecule has 1 fully saturated rings. The van der Waals surface area contributed by atoms with Crippen molar-refractivity contribution in [1.82, 2.24) is 5.32 Å². The quantitative estimate of drug-likeness (QED) is 0.855. The van der Waals surface area contributed by atoms with Gasteiger partial charge in [-0.2, -0.15) is 0 Å². The molecule has 1 aliphatic rings. The van der Waals surface area contributed by atoms with Crippen LogP contribution in [0.15, 0.2) is 24.3 Å². The highest BCUT2D eigenvalue weighted by molar-refractivity contribution is 5.31. The summed E-state index contributed by atoms with van der Waals surface area (Å²) in [5.41, 5.74) is 1.23. The average Bonchev–Trinajstić information content (AvgIpc) is 2.84. The highest BCUT2D eigenvalue weighted by atomic mass is 16.5. The molecular formula is C16H25NO2. The van der Waals surface area contributed by atoms with Crippen molar-refractivity contribution in [2.24, 2.45) is 5.92 Å². The van der Waals surface area contributed by atoms with Crippen LogP contribution >= 0.6 is 0 Å². The van der Waals surface area contributed by atoms with Crippen molar-refractivity contribution < 1.29 is 9.47 Å². The van der Waals surface area contributed by atoms with E-state index in [2.05, 4.69) is 30.4 Å². The first-order valence-electron chi connectivity index (χ1n) is 7.29. The van der Waals surface area contributed by atoms with Gasteiger partial charge in [-0.1, -0.05) is 19.1 Å². The second-order valence-corrected chi connectivity index (χ2v) is 5.39. The van der Waals surface area contributed by atoms with Crippen LogP contribution in [-0.2, 0) is 4.74 Å². The van der Waals surface area contributed by atoms with Crippen LogP contribution in [0.1, 0.15) is 38.9 Å². The van der Waals surface area contributed by atoms with E-state index in [0.29, 0.717) is 5.92 Å². The van der Waals surface area contributed by atoms with E-state index in [4.69, 9.17) is 9.47 Å². The Morgan fingerprint density at radius 3 is 3.00 bits per heavy atom. The highest BCUT2D eigenvalue weighted by Gasteiger charge is 2.29. The van der Waals surface area contributed by atoms with Crippen LogP contribution in [-0.4, -0.2) is 25.8 Å². The molecule has 1 N–H and O–H groups in total. The van der Waals surface area contributed by atoms with Crippen LogP contribution in [0.5, 0.6) is 5.75 Å². The predicted octanol–water partition coefficient (Wildman–Crippen LogP) is 3.16. The van der Waals surface area contributed by atoms with Crippen molar-refractivity contribution >= 4 is 0 Å². The van der Waals surface area contributed by atoms with Gasteiger partial charge < -0.3 is 14.8 Å². The van der Waals surface area contributed by atoms with Gasteiger partial charge in [-0.05, 0) is 44.5 Å². The van der Waals surface area contributed by atoms with Gasteiger partial charge in [0.25, 0.3) is 0 Å². The van der Waals surface area contributed by atoms with E-state index < -0.39 is 0 Å². The maximum atomic E-state index is 5.91. The normalized spacial score (nSPS) is 22.9. The minimum absolute atomic E-state index is 0.203. The molecular weight excluding hydrogens is 238 g/mol. The lowest BCUT2D eigenvalue weighted by Crippen LogP contribution is -2.24. The topological polar surface area (TPSA) is 30.5 Å². The van der Waals surface area contributed by atoms with Crippen LogP contribution in [0.2, 0.25) is 0 Å². The van der Waals surface area contributed by atoms with Crippen LogP contribution < -0.4 is 10.1 Å². The molecule has 0 aromatic heterocycles. The van der Waals surface area contributed by atoms with Gasteiger partial charge in [0.2, 0.25) is 0 Å². The summed E-state index contributed by atoms with van der Waals surface area (Å²) in [5.74, 6) is 1.50. The number of benzene rings is 1. The molecule has 0 bridgehead atoms. The van der Waals surface area contributed by atoms with Gasteiger partial charge in [-0.15, -0.1) is 0 Å². The highest BCUT2D eigenvalue weighted by Crippen LogP contribution is 2.35. The van der Waals surface area contributed by atoms with E-state index >= 15 is 0 Å². The Morgan fingerprint density at radius 1 is 1.42 bits per heavy atom. The number of ether oxygens (including phenoxy) is 2. The largest absolute Gasteiger partial charge is 0.491 e. The van der Waals surface area contributed by atoms with Gasteiger partial charge in [0.1, 0.15) is 5.75 Å².